The summed E-state index contributed by atoms with van der Waals surface area (Å²) in [5.74, 6) is 1.03. The molecule has 3 aliphatic rings. The number of nitrogens with zero attached hydrogens (tertiary/aromatic N) is 1. The van der Waals surface area contributed by atoms with E-state index in [1.54, 1.807) is 0 Å². The van der Waals surface area contributed by atoms with Gasteiger partial charge < -0.3 is 5.32 Å². The molecule has 2 saturated carbocycles. The van der Waals surface area contributed by atoms with E-state index in [1.165, 1.54) is 90.1 Å². The van der Waals surface area contributed by atoms with Gasteiger partial charge in [0.05, 0.1) is 0 Å². The molecule has 0 spiro atoms. The normalized spacial score (nSPS) is 36.1. The summed E-state index contributed by atoms with van der Waals surface area (Å²) in [6.07, 6.45) is 17.5. The summed E-state index contributed by atoms with van der Waals surface area (Å²) in [6, 6.07) is 2.54. The predicted molar refractivity (Wildman–Crippen MR) is 90.6 cm³/mol. The fourth-order valence-electron chi connectivity index (χ4n) is 5.33. The fourth-order valence-corrected chi connectivity index (χ4v) is 5.33. The van der Waals surface area contributed by atoms with E-state index in [0.29, 0.717) is 0 Å². The zero-order valence-electron chi connectivity index (χ0n) is 14.2. The maximum atomic E-state index is 3.91. The monoisotopic (exact) mass is 292 g/mol. The Balaban J connectivity index is 1.67. The average Bonchev–Trinajstić information content (AvgIpc) is 3.13. The van der Waals surface area contributed by atoms with E-state index >= 15 is 0 Å². The maximum absolute atomic E-state index is 3.91. The van der Waals surface area contributed by atoms with Crippen molar-refractivity contribution in [2.45, 2.75) is 102 Å². The van der Waals surface area contributed by atoms with E-state index in [1.807, 2.05) is 0 Å². The van der Waals surface area contributed by atoms with Crippen LogP contribution in [0.4, 0.5) is 0 Å². The van der Waals surface area contributed by atoms with Crippen LogP contribution in [0.5, 0.6) is 0 Å². The lowest BCUT2D eigenvalue weighted by Gasteiger charge is -2.40. The molecule has 0 aromatic carbocycles. The molecule has 122 valence electrons. The Morgan fingerprint density at radius 1 is 0.810 bits per heavy atom. The highest BCUT2D eigenvalue weighted by atomic mass is 15.2. The van der Waals surface area contributed by atoms with Crippen LogP contribution in [0.1, 0.15) is 84.0 Å². The van der Waals surface area contributed by atoms with E-state index in [-0.39, 0.29) is 0 Å². The smallest absolute Gasteiger partial charge is 0.0252 e. The molecule has 3 atom stereocenters. The van der Waals surface area contributed by atoms with E-state index in [2.05, 4.69) is 17.1 Å². The molecule has 1 saturated heterocycles. The number of nitrogens with one attached hydrogen (secondary N) is 1. The van der Waals surface area contributed by atoms with Crippen LogP contribution in [-0.4, -0.2) is 36.1 Å². The number of hydrogen-bond donors (Lipinski definition) is 1. The van der Waals surface area contributed by atoms with E-state index in [4.69, 9.17) is 0 Å². The van der Waals surface area contributed by atoms with E-state index in [9.17, 15) is 0 Å². The van der Waals surface area contributed by atoms with Gasteiger partial charge in [0.15, 0.2) is 0 Å². The summed E-state index contributed by atoms with van der Waals surface area (Å²) < 4.78 is 0. The minimum Gasteiger partial charge on any atom is -0.312 e. The third kappa shape index (κ3) is 3.82. The van der Waals surface area contributed by atoms with Gasteiger partial charge in [0, 0.05) is 18.1 Å². The molecule has 1 N–H and O–H groups in total. The molecule has 0 amide bonds. The zero-order valence-corrected chi connectivity index (χ0v) is 14.2. The summed E-state index contributed by atoms with van der Waals surface area (Å²) >= 11 is 0. The van der Waals surface area contributed by atoms with Crippen LogP contribution in [0.15, 0.2) is 0 Å². The van der Waals surface area contributed by atoms with Crippen molar-refractivity contribution in [3.63, 3.8) is 0 Å². The molecule has 2 nitrogen and oxygen atoms in total. The van der Waals surface area contributed by atoms with Gasteiger partial charge in [-0.3, -0.25) is 4.90 Å². The summed E-state index contributed by atoms with van der Waals surface area (Å²) in [4.78, 5) is 2.98. The van der Waals surface area contributed by atoms with Crippen LogP contribution in [0.2, 0.25) is 0 Å². The number of hydrogen-bond acceptors (Lipinski definition) is 2. The second-order valence-electron chi connectivity index (χ2n) is 7.76. The van der Waals surface area contributed by atoms with Crippen LogP contribution in [-0.2, 0) is 0 Å². The first-order valence-corrected chi connectivity index (χ1v) is 9.89. The number of rotatable bonds is 5. The van der Waals surface area contributed by atoms with Gasteiger partial charge in [-0.1, -0.05) is 39.0 Å². The molecule has 0 aromatic heterocycles. The van der Waals surface area contributed by atoms with E-state index in [0.717, 1.165) is 24.0 Å². The van der Waals surface area contributed by atoms with Crippen molar-refractivity contribution in [3.8, 4) is 0 Å². The lowest BCUT2D eigenvalue weighted by atomic mass is 9.92. The average molecular weight is 293 g/mol. The first-order chi connectivity index (χ1) is 10.4. The standard InChI is InChI=1S/C19H36N2/c1-2-14-20-17-11-4-3-5-12-19(17)21-15-8-13-18(21)16-9-6-7-10-16/h16-20H,2-15H2,1H3. The topological polar surface area (TPSA) is 15.3 Å². The van der Waals surface area contributed by atoms with Gasteiger partial charge in [0.1, 0.15) is 0 Å². The van der Waals surface area contributed by atoms with Crippen LogP contribution in [0, 0.1) is 5.92 Å². The van der Waals surface area contributed by atoms with Gasteiger partial charge >= 0.3 is 0 Å². The molecule has 3 rings (SSSR count). The van der Waals surface area contributed by atoms with Crippen LogP contribution < -0.4 is 5.32 Å². The molecule has 3 unspecified atom stereocenters. The van der Waals surface area contributed by atoms with E-state index < -0.39 is 0 Å². The summed E-state index contributed by atoms with van der Waals surface area (Å²) in [6.45, 7) is 4.90. The SMILES string of the molecule is CCCNC1CCCCCC1N1CCCC1C1CCCC1. The predicted octanol–water partition coefficient (Wildman–Crippen LogP) is 4.34. The fraction of sp³-hybridized carbons (Fsp3) is 1.00. The van der Waals surface area contributed by atoms with Crippen molar-refractivity contribution in [1.29, 1.82) is 0 Å². The Kier molecular flexibility index (Phi) is 5.99. The van der Waals surface area contributed by atoms with Crippen molar-refractivity contribution in [3.05, 3.63) is 0 Å². The highest BCUT2D eigenvalue weighted by molar-refractivity contribution is 4.95. The first-order valence-electron chi connectivity index (χ1n) is 9.89. The molecule has 0 radical (unpaired) electrons. The second kappa shape index (κ2) is 7.97. The van der Waals surface area contributed by atoms with Crippen molar-refractivity contribution >= 4 is 0 Å². The number of likely N-dealkylation sites (tertiary alicyclic amines) is 1. The van der Waals surface area contributed by atoms with Gasteiger partial charge in [0.2, 0.25) is 0 Å². The molecule has 1 heterocycles. The highest BCUT2D eigenvalue weighted by Crippen LogP contribution is 2.38. The van der Waals surface area contributed by atoms with Crippen LogP contribution >= 0.6 is 0 Å². The Hall–Kier alpha value is -0.0800. The van der Waals surface area contributed by atoms with Gasteiger partial charge in [0.25, 0.3) is 0 Å². The maximum Gasteiger partial charge on any atom is 0.0252 e. The molecular formula is C19H36N2. The third-order valence-electron chi connectivity index (χ3n) is 6.35. The van der Waals surface area contributed by atoms with Gasteiger partial charge in [-0.2, -0.15) is 0 Å². The molecule has 0 aromatic rings. The Bertz CT molecular complexity index is 298. The summed E-state index contributed by atoms with van der Waals surface area (Å²) in [7, 11) is 0. The second-order valence-corrected chi connectivity index (χ2v) is 7.76. The summed E-state index contributed by atoms with van der Waals surface area (Å²) in [5.41, 5.74) is 0. The molecule has 1 aliphatic heterocycles. The van der Waals surface area contributed by atoms with Crippen molar-refractivity contribution < 1.29 is 0 Å². The zero-order chi connectivity index (χ0) is 14.5. The summed E-state index contributed by atoms with van der Waals surface area (Å²) in [5, 5.41) is 3.91. The lowest BCUT2D eigenvalue weighted by molar-refractivity contribution is 0.102. The largest absolute Gasteiger partial charge is 0.312 e. The first kappa shape index (κ1) is 15.8. The Morgan fingerprint density at radius 2 is 1.52 bits per heavy atom. The van der Waals surface area contributed by atoms with Gasteiger partial charge in [-0.15, -0.1) is 0 Å². The molecule has 2 heteroatoms. The highest BCUT2D eigenvalue weighted by Gasteiger charge is 2.39. The minimum atomic E-state index is 0.773. The van der Waals surface area contributed by atoms with Crippen LogP contribution in [0.3, 0.4) is 0 Å². The Morgan fingerprint density at radius 3 is 2.33 bits per heavy atom. The third-order valence-corrected chi connectivity index (χ3v) is 6.35. The quantitative estimate of drug-likeness (QED) is 0.758. The molecule has 0 bridgehead atoms. The lowest BCUT2D eigenvalue weighted by Crippen LogP contribution is -2.52. The van der Waals surface area contributed by atoms with Crippen LogP contribution in [0.25, 0.3) is 0 Å². The Labute approximate surface area is 132 Å². The van der Waals surface area contributed by atoms with Crippen molar-refractivity contribution in [2.75, 3.05) is 13.1 Å². The van der Waals surface area contributed by atoms with Crippen molar-refractivity contribution in [2.24, 2.45) is 5.92 Å². The molecular weight excluding hydrogens is 256 g/mol. The van der Waals surface area contributed by atoms with Gasteiger partial charge in [-0.05, 0) is 64.0 Å². The van der Waals surface area contributed by atoms with Crippen molar-refractivity contribution in [1.82, 2.24) is 10.2 Å². The minimum absolute atomic E-state index is 0.773. The molecule has 3 fully saturated rings. The van der Waals surface area contributed by atoms with Gasteiger partial charge in [-0.25, -0.2) is 0 Å². The molecule has 2 aliphatic carbocycles. The molecule has 21 heavy (non-hydrogen) atoms.